The molecule has 0 aliphatic carbocycles. The maximum atomic E-state index is 5.88. The first-order valence-corrected chi connectivity index (χ1v) is 9.96. The highest BCUT2D eigenvalue weighted by Crippen LogP contribution is 2.20. The monoisotopic (exact) mass is 399 g/mol. The molecule has 0 aliphatic rings. The van der Waals surface area contributed by atoms with Crippen LogP contribution in [0.2, 0.25) is 0 Å². The summed E-state index contributed by atoms with van der Waals surface area (Å²) < 4.78 is 16.2. The van der Waals surface area contributed by atoms with Crippen LogP contribution in [0, 0.1) is 6.92 Å². The molecule has 0 fully saturated rings. The van der Waals surface area contributed by atoms with Gasteiger partial charge in [0.15, 0.2) is 5.96 Å². The van der Waals surface area contributed by atoms with E-state index in [9.17, 15) is 0 Å². The van der Waals surface area contributed by atoms with E-state index < -0.39 is 0 Å². The van der Waals surface area contributed by atoms with Crippen molar-refractivity contribution < 1.29 is 14.2 Å². The van der Waals surface area contributed by atoms with Crippen molar-refractivity contribution in [1.29, 1.82) is 0 Å². The average Bonchev–Trinajstić information content (AvgIpc) is 2.72. The van der Waals surface area contributed by atoms with Gasteiger partial charge in [0.1, 0.15) is 12.4 Å². The summed E-state index contributed by atoms with van der Waals surface area (Å²) in [5.41, 5.74) is 4.54. The first-order chi connectivity index (χ1) is 14.2. The summed E-state index contributed by atoms with van der Waals surface area (Å²) in [5, 5.41) is 6.70. The molecule has 0 radical (unpaired) electrons. The molecule has 0 heterocycles. The number of ether oxygens (including phenoxy) is 3. The van der Waals surface area contributed by atoms with Crippen LogP contribution in [0.1, 0.15) is 29.2 Å². The number of hydrogen-bond donors (Lipinski definition) is 2. The van der Waals surface area contributed by atoms with Crippen LogP contribution < -0.4 is 15.4 Å². The second-order valence-electron chi connectivity index (χ2n) is 6.75. The summed E-state index contributed by atoms with van der Waals surface area (Å²) in [6.45, 7) is 7.82. The van der Waals surface area contributed by atoms with Crippen LogP contribution in [0.3, 0.4) is 0 Å². The molecule has 29 heavy (non-hydrogen) atoms. The maximum absolute atomic E-state index is 5.88. The molecular weight excluding hydrogens is 366 g/mol. The minimum Gasteiger partial charge on any atom is -0.491 e. The molecule has 0 atom stereocenters. The summed E-state index contributed by atoms with van der Waals surface area (Å²) in [5.74, 6) is 1.64. The van der Waals surface area contributed by atoms with Gasteiger partial charge in [-0.15, -0.1) is 0 Å². The van der Waals surface area contributed by atoms with Crippen molar-refractivity contribution in [3.05, 3.63) is 64.7 Å². The summed E-state index contributed by atoms with van der Waals surface area (Å²) in [4.78, 5) is 4.72. The zero-order valence-corrected chi connectivity index (χ0v) is 18.0. The van der Waals surface area contributed by atoms with E-state index in [2.05, 4.69) is 60.9 Å². The fraction of sp³-hybridized carbons (Fsp3) is 0.435. The van der Waals surface area contributed by atoms with Gasteiger partial charge in [0.25, 0.3) is 0 Å². The minimum absolute atomic E-state index is 0.527. The smallest absolute Gasteiger partial charge is 0.191 e. The molecule has 6 heteroatoms. The zero-order chi connectivity index (χ0) is 20.9. The Morgan fingerprint density at radius 3 is 2.55 bits per heavy atom. The topological polar surface area (TPSA) is 64.1 Å². The van der Waals surface area contributed by atoms with Gasteiger partial charge in [-0.05, 0) is 36.6 Å². The van der Waals surface area contributed by atoms with Gasteiger partial charge in [0.05, 0.1) is 19.8 Å². The summed E-state index contributed by atoms with van der Waals surface area (Å²) in [6.07, 6.45) is 0. The Hall–Kier alpha value is -2.57. The molecule has 0 saturated heterocycles. The molecule has 6 nitrogen and oxygen atoms in total. The van der Waals surface area contributed by atoms with Crippen LogP contribution in [-0.2, 0) is 29.2 Å². The molecule has 2 rings (SSSR count). The van der Waals surface area contributed by atoms with Gasteiger partial charge < -0.3 is 24.8 Å². The van der Waals surface area contributed by atoms with Crippen molar-refractivity contribution in [2.45, 2.75) is 33.5 Å². The van der Waals surface area contributed by atoms with E-state index in [1.165, 1.54) is 0 Å². The molecule has 0 bridgehead atoms. The number of methoxy groups -OCH3 is 2. The molecule has 2 N–H and O–H groups in total. The molecular formula is C23H33N3O3. The molecule has 0 amide bonds. The molecule has 0 aliphatic heterocycles. The van der Waals surface area contributed by atoms with Crippen molar-refractivity contribution in [3.8, 4) is 5.75 Å². The predicted molar refractivity (Wildman–Crippen MR) is 117 cm³/mol. The molecule has 2 aromatic carbocycles. The third kappa shape index (κ3) is 8.13. The van der Waals surface area contributed by atoms with Gasteiger partial charge in [-0.1, -0.05) is 36.4 Å². The third-order valence-electron chi connectivity index (χ3n) is 4.28. The minimum atomic E-state index is 0.527. The van der Waals surface area contributed by atoms with Crippen molar-refractivity contribution in [2.24, 2.45) is 4.99 Å². The first kappa shape index (κ1) is 22.7. The van der Waals surface area contributed by atoms with Gasteiger partial charge in [-0.2, -0.15) is 0 Å². The Morgan fingerprint density at radius 1 is 0.966 bits per heavy atom. The highest BCUT2D eigenvalue weighted by atomic mass is 16.5. The van der Waals surface area contributed by atoms with Gasteiger partial charge in [-0.3, -0.25) is 0 Å². The van der Waals surface area contributed by atoms with Crippen molar-refractivity contribution in [1.82, 2.24) is 10.6 Å². The van der Waals surface area contributed by atoms with Crippen molar-refractivity contribution >= 4 is 5.96 Å². The number of nitrogens with zero attached hydrogens (tertiary/aromatic N) is 1. The van der Waals surface area contributed by atoms with E-state index in [0.29, 0.717) is 32.9 Å². The Labute approximate surface area is 174 Å². The summed E-state index contributed by atoms with van der Waals surface area (Å²) in [7, 11) is 3.38. The van der Waals surface area contributed by atoms with Crippen LogP contribution in [0.25, 0.3) is 0 Å². The molecule has 2 aromatic rings. The molecule has 0 saturated carbocycles. The number of hydrogen-bond acceptors (Lipinski definition) is 4. The van der Waals surface area contributed by atoms with Gasteiger partial charge in [0, 0.05) is 32.9 Å². The lowest BCUT2D eigenvalue weighted by Gasteiger charge is -2.15. The Balaban J connectivity index is 2.03. The largest absolute Gasteiger partial charge is 0.491 e. The number of guanidine groups is 1. The van der Waals surface area contributed by atoms with Gasteiger partial charge in [-0.25, -0.2) is 4.99 Å². The standard InChI is InChI=1S/C23H33N3O3/c1-5-24-23(25-15-19-7-6-8-20(14-19)17-28-4)26-16-21-10-9-18(2)13-22(21)29-12-11-27-3/h6-10,13-14H,5,11-12,15-17H2,1-4H3,(H2,24,25,26). The van der Waals surface area contributed by atoms with Crippen LogP contribution >= 0.6 is 0 Å². The maximum Gasteiger partial charge on any atom is 0.191 e. The number of nitrogens with one attached hydrogen (secondary N) is 2. The molecule has 0 spiro atoms. The van der Waals surface area contributed by atoms with Crippen LogP contribution in [0.5, 0.6) is 5.75 Å². The third-order valence-corrected chi connectivity index (χ3v) is 4.28. The quantitative estimate of drug-likeness (QED) is 0.344. The number of benzene rings is 2. The lowest BCUT2D eigenvalue weighted by Crippen LogP contribution is -2.36. The fourth-order valence-corrected chi connectivity index (χ4v) is 2.85. The lowest BCUT2D eigenvalue weighted by molar-refractivity contribution is 0.145. The van der Waals surface area contributed by atoms with E-state index >= 15 is 0 Å². The SMILES string of the molecule is CCNC(=NCc1cccc(COC)c1)NCc1ccc(C)cc1OCCOC. The summed E-state index contributed by atoms with van der Waals surface area (Å²) >= 11 is 0. The van der Waals surface area contributed by atoms with Gasteiger partial charge >= 0.3 is 0 Å². The van der Waals surface area contributed by atoms with E-state index in [1.807, 2.05) is 6.07 Å². The van der Waals surface area contributed by atoms with Crippen LogP contribution in [0.4, 0.5) is 0 Å². The fourth-order valence-electron chi connectivity index (χ4n) is 2.85. The number of rotatable bonds is 11. The Kier molecular flexibility index (Phi) is 10.0. The molecule has 0 unspecified atom stereocenters. The highest BCUT2D eigenvalue weighted by Gasteiger charge is 2.06. The number of aliphatic imine (C=N–C) groups is 1. The highest BCUT2D eigenvalue weighted by molar-refractivity contribution is 5.79. The Bertz CT molecular complexity index is 778. The first-order valence-electron chi connectivity index (χ1n) is 9.96. The average molecular weight is 400 g/mol. The second-order valence-corrected chi connectivity index (χ2v) is 6.75. The van der Waals surface area contributed by atoms with E-state index in [-0.39, 0.29) is 0 Å². The van der Waals surface area contributed by atoms with E-state index in [1.54, 1.807) is 14.2 Å². The molecule has 0 aromatic heterocycles. The van der Waals surface area contributed by atoms with Crippen LogP contribution in [-0.4, -0.2) is 39.9 Å². The molecule has 158 valence electrons. The summed E-state index contributed by atoms with van der Waals surface area (Å²) in [6, 6.07) is 14.5. The lowest BCUT2D eigenvalue weighted by atomic mass is 10.1. The predicted octanol–water partition coefficient (Wildman–Crippen LogP) is 3.42. The normalized spacial score (nSPS) is 11.4. The van der Waals surface area contributed by atoms with Crippen molar-refractivity contribution in [3.63, 3.8) is 0 Å². The number of aryl methyl sites for hydroxylation is 1. The second kappa shape index (κ2) is 12.8. The van der Waals surface area contributed by atoms with E-state index in [4.69, 9.17) is 19.2 Å². The van der Waals surface area contributed by atoms with E-state index in [0.717, 1.165) is 40.5 Å². The zero-order valence-electron chi connectivity index (χ0n) is 18.0. The Morgan fingerprint density at radius 2 is 1.79 bits per heavy atom. The van der Waals surface area contributed by atoms with Gasteiger partial charge in [0.2, 0.25) is 0 Å². The van der Waals surface area contributed by atoms with Crippen LogP contribution in [0.15, 0.2) is 47.5 Å². The van der Waals surface area contributed by atoms with Crippen molar-refractivity contribution in [2.75, 3.05) is 34.0 Å².